The molecule has 0 aromatic carbocycles. The molecule has 0 aliphatic carbocycles. The van der Waals surface area contributed by atoms with E-state index >= 15 is 0 Å². The van der Waals surface area contributed by atoms with Gasteiger partial charge in [0.15, 0.2) is 5.82 Å². The van der Waals surface area contributed by atoms with Crippen LogP contribution in [0.15, 0.2) is 12.1 Å². The smallest absolute Gasteiger partial charge is 0.410 e. The van der Waals surface area contributed by atoms with E-state index < -0.39 is 5.60 Å². The number of amides is 1. The Morgan fingerprint density at radius 2 is 1.93 bits per heavy atom. The van der Waals surface area contributed by atoms with Crippen molar-refractivity contribution in [2.45, 2.75) is 59.5 Å². The number of nitrogens with one attached hydrogen (secondary N) is 2. The lowest BCUT2D eigenvalue weighted by atomic mass is 9.93. The molecular formula is C20H30N6O2. The van der Waals surface area contributed by atoms with Gasteiger partial charge in [-0.05, 0) is 53.4 Å². The average molecular weight is 387 g/mol. The normalized spacial score (nSPS) is 15.5. The predicted octanol–water partition coefficient (Wildman–Crippen LogP) is 3.75. The first-order chi connectivity index (χ1) is 13.2. The minimum atomic E-state index is -0.459. The van der Waals surface area contributed by atoms with Crippen LogP contribution in [0, 0.1) is 19.8 Å². The summed E-state index contributed by atoms with van der Waals surface area (Å²) >= 11 is 0. The summed E-state index contributed by atoms with van der Waals surface area (Å²) in [6, 6.07) is 3.85. The Kier molecular flexibility index (Phi) is 5.86. The molecule has 1 aliphatic rings. The molecule has 3 rings (SSSR count). The number of carbonyl (C=O) groups is 1. The number of H-pyrrole nitrogens is 1. The molecule has 8 nitrogen and oxygen atoms in total. The van der Waals surface area contributed by atoms with Gasteiger partial charge in [0.2, 0.25) is 0 Å². The summed E-state index contributed by atoms with van der Waals surface area (Å²) < 4.78 is 5.47. The van der Waals surface area contributed by atoms with Gasteiger partial charge in [-0.25, -0.2) is 14.8 Å². The molecule has 1 saturated heterocycles. The largest absolute Gasteiger partial charge is 0.444 e. The molecule has 152 valence electrons. The van der Waals surface area contributed by atoms with Crippen molar-refractivity contribution in [3.8, 4) is 0 Å². The van der Waals surface area contributed by atoms with Gasteiger partial charge in [-0.15, -0.1) is 0 Å². The third-order valence-electron chi connectivity index (χ3n) is 4.60. The summed E-state index contributed by atoms with van der Waals surface area (Å²) in [6.07, 6.45) is 2.44. The van der Waals surface area contributed by atoms with E-state index in [0.717, 1.165) is 48.1 Å². The van der Waals surface area contributed by atoms with E-state index in [2.05, 4.69) is 25.5 Å². The molecule has 1 amide bonds. The molecule has 8 heteroatoms. The van der Waals surface area contributed by atoms with Crippen molar-refractivity contribution in [1.82, 2.24) is 25.1 Å². The highest BCUT2D eigenvalue weighted by atomic mass is 16.6. The van der Waals surface area contributed by atoms with E-state index in [4.69, 9.17) is 4.74 Å². The number of piperidine rings is 1. The minimum absolute atomic E-state index is 0.224. The topological polar surface area (TPSA) is 96.0 Å². The predicted molar refractivity (Wildman–Crippen MR) is 108 cm³/mol. The maximum atomic E-state index is 12.2. The summed E-state index contributed by atoms with van der Waals surface area (Å²) in [5, 5.41) is 10.3. The summed E-state index contributed by atoms with van der Waals surface area (Å²) in [5.41, 5.74) is 1.45. The van der Waals surface area contributed by atoms with Crippen molar-refractivity contribution in [3.05, 3.63) is 29.3 Å². The van der Waals surface area contributed by atoms with Crippen molar-refractivity contribution in [1.29, 1.82) is 0 Å². The van der Waals surface area contributed by atoms with Crippen molar-refractivity contribution in [3.63, 3.8) is 0 Å². The number of ether oxygens (including phenoxy) is 1. The lowest BCUT2D eigenvalue weighted by Crippen LogP contribution is -2.42. The zero-order valence-electron chi connectivity index (χ0n) is 17.4. The van der Waals surface area contributed by atoms with Crippen LogP contribution in [-0.4, -0.2) is 49.8 Å². The van der Waals surface area contributed by atoms with Gasteiger partial charge in [0.1, 0.15) is 17.2 Å². The van der Waals surface area contributed by atoms with Crippen LogP contribution in [0.4, 0.5) is 16.4 Å². The molecule has 2 aromatic heterocycles. The second-order valence-electron chi connectivity index (χ2n) is 8.49. The van der Waals surface area contributed by atoms with Crippen LogP contribution in [-0.2, 0) is 11.2 Å². The molecule has 0 unspecified atom stereocenters. The SMILES string of the molecule is Cc1cc(Nc2cc(C)[nH]n2)nc(CC2CCN(C(=O)OC(C)(C)C)CC2)n1. The van der Waals surface area contributed by atoms with E-state index in [1.165, 1.54) is 0 Å². The fourth-order valence-corrected chi connectivity index (χ4v) is 3.30. The number of nitrogens with zero attached hydrogens (tertiary/aromatic N) is 4. The number of likely N-dealkylation sites (tertiary alicyclic amines) is 1. The third kappa shape index (κ3) is 5.68. The minimum Gasteiger partial charge on any atom is -0.444 e. The average Bonchev–Trinajstić information content (AvgIpc) is 2.98. The molecule has 3 heterocycles. The van der Waals surface area contributed by atoms with Crippen LogP contribution in [0.3, 0.4) is 0 Å². The number of hydrogen-bond acceptors (Lipinski definition) is 6. The van der Waals surface area contributed by atoms with Crippen molar-refractivity contribution in [2.75, 3.05) is 18.4 Å². The molecule has 1 fully saturated rings. The molecule has 28 heavy (non-hydrogen) atoms. The Balaban J connectivity index is 1.57. The van der Waals surface area contributed by atoms with Crippen LogP contribution in [0.5, 0.6) is 0 Å². The van der Waals surface area contributed by atoms with E-state index in [-0.39, 0.29) is 6.09 Å². The van der Waals surface area contributed by atoms with Crippen LogP contribution in [0.25, 0.3) is 0 Å². The highest BCUT2D eigenvalue weighted by Crippen LogP contribution is 2.23. The van der Waals surface area contributed by atoms with Gasteiger partial charge in [-0.1, -0.05) is 0 Å². The van der Waals surface area contributed by atoms with E-state index in [9.17, 15) is 4.79 Å². The molecule has 0 radical (unpaired) electrons. The molecule has 0 saturated carbocycles. The van der Waals surface area contributed by atoms with Gasteiger partial charge in [-0.3, -0.25) is 5.10 Å². The van der Waals surface area contributed by atoms with Gasteiger partial charge in [0.25, 0.3) is 0 Å². The van der Waals surface area contributed by atoms with Gasteiger partial charge in [-0.2, -0.15) is 5.10 Å². The second kappa shape index (κ2) is 8.16. The summed E-state index contributed by atoms with van der Waals surface area (Å²) in [4.78, 5) is 23.2. The molecule has 2 aromatic rings. The highest BCUT2D eigenvalue weighted by Gasteiger charge is 2.27. The number of aromatic amines is 1. The van der Waals surface area contributed by atoms with Crippen LogP contribution >= 0.6 is 0 Å². The maximum Gasteiger partial charge on any atom is 0.410 e. The van der Waals surface area contributed by atoms with Crippen molar-refractivity contribution in [2.24, 2.45) is 5.92 Å². The summed E-state index contributed by atoms with van der Waals surface area (Å²) in [6.45, 7) is 11.0. The summed E-state index contributed by atoms with van der Waals surface area (Å²) in [7, 11) is 0. The number of aromatic nitrogens is 4. The van der Waals surface area contributed by atoms with Gasteiger partial charge < -0.3 is 15.0 Å². The lowest BCUT2D eigenvalue weighted by Gasteiger charge is -2.33. The molecule has 0 atom stereocenters. The molecule has 0 spiro atoms. The van der Waals surface area contributed by atoms with Crippen LogP contribution in [0.2, 0.25) is 0 Å². The Bertz CT molecular complexity index is 818. The zero-order valence-corrected chi connectivity index (χ0v) is 17.4. The molecule has 0 bridgehead atoms. The number of aryl methyl sites for hydroxylation is 2. The zero-order chi connectivity index (χ0) is 20.3. The van der Waals surface area contributed by atoms with Crippen molar-refractivity contribution >= 4 is 17.7 Å². The Morgan fingerprint density at radius 1 is 1.21 bits per heavy atom. The van der Waals surface area contributed by atoms with Crippen LogP contribution in [0.1, 0.15) is 50.8 Å². The quantitative estimate of drug-likeness (QED) is 0.831. The molecular weight excluding hydrogens is 356 g/mol. The third-order valence-corrected chi connectivity index (χ3v) is 4.60. The fraction of sp³-hybridized carbons (Fsp3) is 0.600. The molecule has 2 N–H and O–H groups in total. The van der Waals surface area contributed by atoms with Gasteiger partial charge in [0.05, 0.1) is 0 Å². The number of anilines is 2. The monoisotopic (exact) mass is 386 g/mol. The van der Waals surface area contributed by atoms with Crippen molar-refractivity contribution < 1.29 is 9.53 Å². The maximum absolute atomic E-state index is 12.2. The number of carbonyl (C=O) groups excluding carboxylic acids is 1. The van der Waals surface area contributed by atoms with E-state index in [1.807, 2.05) is 46.8 Å². The highest BCUT2D eigenvalue weighted by molar-refractivity contribution is 5.68. The number of hydrogen-bond donors (Lipinski definition) is 2. The first kappa shape index (κ1) is 20.1. The standard InChI is InChI=1S/C20H30N6O2/c1-13-10-16(23-18-11-14(2)24-25-18)22-17(21-13)12-15-6-8-26(9-7-15)19(27)28-20(3,4)5/h10-11,15H,6-9,12H2,1-5H3,(H2,21,22,23,24,25). The fourth-order valence-electron chi connectivity index (χ4n) is 3.30. The van der Waals surface area contributed by atoms with Gasteiger partial charge in [0, 0.05) is 43.0 Å². The number of rotatable bonds is 4. The Labute approximate surface area is 166 Å². The summed E-state index contributed by atoms with van der Waals surface area (Å²) in [5.74, 6) is 2.78. The second-order valence-corrected chi connectivity index (χ2v) is 8.49. The first-order valence-corrected chi connectivity index (χ1v) is 9.79. The molecule has 1 aliphatic heterocycles. The van der Waals surface area contributed by atoms with E-state index in [1.54, 1.807) is 4.90 Å². The first-order valence-electron chi connectivity index (χ1n) is 9.79. The lowest BCUT2D eigenvalue weighted by molar-refractivity contribution is 0.0184. The Hall–Kier alpha value is -2.64. The van der Waals surface area contributed by atoms with Crippen LogP contribution < -0.4 is 5.32 Å². The van der Waals surface area contributed by atoms with Gasteiger partial charge >= 0.3 is 6.09 Å². The van der Waals surface area contributed by atoms with E-state index in [0.29, 0.717) is 19.0 Å². The Morgan fingerprint density at radius 3 is 2.54 bits per heavy atom.